The Bertz CT molecular complexity index is 216. The van der Waals surface area contributed by atoms with Crippen molar-refractivity contribution in [2.24, 2.45) is 23.7 Å². The van der Waals surface area contributed by atoms with E-state index in [0.29, 0.717) is 17.6 Å². The summed E-state index contributed by atoms with van der Waals surface area (Å²) in [5, 5.41) is 0. The zero-order chi connectivity index (χ0) is 8.29. The number of fused-ring (bicyclic) bond motifs is 6. The van der Waals surface area contributed by atoms with Gasteiger partial charge in [-0.2, -0.15) is 0 Å². The van der Waals surface area contributed by atoms with Gasteiger partial charge in [-0.15, -0.1) is 0 Å². The van der Waals surface area contributed by atoms with Gasteiger partial charge in [0.05, 0.1) is 0 Å². The molecule has 0 amide bonds. The van der Waals surface area contributed by atoms with Crippen LogP contribution in [0.3, 0.4) is 0 Å². The van der Waals surface area contributed by atoms with E-state index in [9.17, 15) is 4.79 Å². The average Bonchev–Trinajstić information content (AvgIpc) is 2.41. The summed E-state index contributed by atoms with van der Waals surface area (Å²) in [4.78, 5) is 11.8. The molecule has 12 heavy (non-hydrogen) atoms. The minimum Gasteiger partial charge on any atom is -0.299 e. The topological polar surface area (TPSA) is 17.1 Å². The van der Waals surface area contributed by atoms with Gasteiger partial charge in [0, 0.05) is 15.8 Å². The van der Waals surface area contributed by atoms with Crippen molar-refractivity contribution in [3.8, 4) is 0 Å². The Kier molecular flexibility index (Phi) is 1.59. The summed E-state index contributed by atoms with van der Waals surface area (Å²) in [6.45, 7) is 0. The van der Waals surface area contributed by atoms with Crippen LogP contribution in [0.25, 0.3) is 0 Å². The fourth-order valence-electron chi connectivity index (χ4n) is 3.64. The molecule has 3 aliphatic rings. The molecule has 4 bridgehead atoms. The van der Waals surface area contributed by atoms with Crippen molar-refractivity contribution in [1.82, 2.24) is 0 Å². The molecule has 0 aliphatic heterocycles. The molecule has 3 fully saturated rings. The van der Waals surface area contributed by atoms with E-state index in [1.54, 1.807) is 0 Å². The quantitative estimate of drug-likeness (QED) is 0.490. The summed E-state index contributed by atoms with van der Waals surface area (Å²) in [6.07, 6.45) is 5.10. The van der Waals surface area contributed by atoms with Crippen LogP contribution in [0.1, 0.15) is 25.7 Å². The minimum atomic E-state index is 0.482. The van der Waals surface area contributed by atoms with Crippen molar-refractivity contribution in [2.45, 2.75) is 29.6 Å². The van der Waals surface area contributed by atoms with Gasteiger partial charge in [-0.25, -0.2) is 0 Å². The summed E-state index contributed by atoms with van der Waals surface area (Å²) in [7, 11) is 0. The second-order valence-corrected chi connectivity index (χ2v) is 5.98. The predicted octanol–water partition coefficient (Wildman–Crippen LogP) is 2.43. The van der Waals surface area contributed by atoms with Crippen LogP contribution in [0, 0.1) is 23.7 Å². The second-order valence-electron chi connectivity index (χ2n) is 4.54. The lowest BCUT2D eigenvalue weighted by atomic mass is 9.79. The Morgan fingerprint density at radius 2 is 1.50 bits per heavy atom. The number of hydrogen-bond acceptors (Lipinski definition) is 1. The Morgan fingerprint density at radius 1 is 1.00 bits per heavy atom. The lowest BCUT2D eigenvalue weighted by Crippen LogP contribution is -2.36. The molecule has 1 nitrogen and oxygen atoms in total. The van der Waals surface area contributed by atoms with Crippen LogP contribution < -0.4 is 0 Å². The maximum absolute atomic E-state index is 11.8. The van der Waals surface area contributed by atoms with E-state index in [4.69, 9.17) is 0 Å². The first-order valence-corrected chi connectivity index (χ1v) is 6.21. The number of rotatable bonds is 0. The van der Waals surface area contributed by atoms with Crippen LogP contribution in [-0.4, -0.2) is 9.71 Å². The van der Waals surface area contributed by atoms with Gasteiger partial charge in [-0.1, -0.05) is 22.6 Å². The van der Waals surface area contributed by atoms with Crippen LogP contribution >= 0.6 is 22.6 Å². The van der Waals surface area contributed by atoms with E-state index in [0.717, 1.165) is 15.8 Å². The first-order chi connectivity index (χ1) is 5.79. The molecule has 0 heterocycles. The van der Waals surface area contributed by atoms with Gasteiger partial charge >= 0.3 is 0 Å². The van der Waals surface area contributed by atoms with E-state index < -0.39 is 0 Å². The van der Waals surface area contributed by atoms with E-state index in [1.165, 1.54) is 25.7 Å². The number of alkyl halides is 1. The van der Waals surface area contributed by atoms with Crippen LogP contribution in [0.15, 0.2) is 0 Å². The van der Waals surface area contributed by atoms with Crippen molar-refractivity contribution >= 4 is 28.4 Å². The van der Waals surface area contributed by atoms with Crippen molar-refractivity contribution < 1.29 is 4.79 Å². The average molecular weight is 276 g/mol. The Balaban J connectivity index is 2.04. The predicted molar refractivity (Wildman–Crippen MR) is 55.2 cm³/mol. The molecule has 3 saturated carbocycles. The minimum absolute atomic E-state index is 0.482. The molecule has 4 unspecified atom stereocenters. The summed E-state index contributed by atoms with van der Waals surface area (Å²) in [5.74, 6) is 3.13. The largest absolute Gasteiger partial charge is 0.299 e. The summed E-state index contributed by atoms with van der Waals surface area (Å²) in [6, 6.07) is 0. The van der Waals surface area contributed by atoms with E-state index in [1.807, 2.05) is 0 Å². The van der Waals surface area contributed by atoms with Crippen molar-refractivity contribution in [3.05, 3.63) is 0 Å². The third kappa shape index (κ3) is 0.777. The van der Waals surface area contributed by atoms with Crippen molar-refractivity contribution in [2.75, 3.05) is 0 Å². The molecule has 0 aromatic rings. The zero-order valence-corrected chi connectivity index (χ0v) is 9.16. The summed E-state index contributed by atoms with van der Waals surface area (Å²) in [5.41, 5.74) is 0. The third-order valence-electron chi connectivity index (χ3n) is 4.20. The molecular weight excluding hydrogens is 263 g/mol. The highest BCUT2D eigenvalue weighted by Crippen LogP contribution is 2.56. The highest BCUT2D eigenvalue weighted by molar-refractivity contribution is 14.1. The van der Waals surface area contributed by atoms with Gasteiger partial charge in [-0.05, 0) is 37.5 Å². The molecule has 0 saturated heterocycles. The summed E-state index contributed by atoms with van der Waals surface area (Å²) >= 11 is 2.60. The number of Topliss-reactive ketones (excluding diaryl/α,β-unsaturated/α-hetero) is 1. The maximum Gasteiger partial charge on any atom is 0.139 e. The fourth-order valence-corrected chi connectivity index (χ4v) is 5.36. The number of hydrogen-bond donors (Lipinski definition) is 0. The molecule has 4 atom stereocenters. The van der Waals surface area contributed by atoms with Crippen LogP contribution in [0.5, 0.6) is 0 Å². The molecule has 0 radical (unpaired) electrons. The molecule has 2 heteroatoms. The van der Waals surface area contributed by atoms with Gasteiger partial charge in [-0.3, -0.25) is 4.79 Å². The van der Waals surface area contributed by atoms with Crippen LogP contribution in [0.4, 0.5) is 0 Å². The first-order valence-electron chi connectivity index (χ1n) is 4.97. The van der Waals surface area contributed by atoms with Gasteiger partial charge < -0.3 is 0 Å². The van der Waals surface area contributed by atoms with E-state index in [2.05, 4.69) is 22.6 Å². The summed E-state index contributed by atoms with van der Waals surface area (Å²) < 4.78 is 0.831. The Hall–Kier alpha value is 0.400. The smallest absolute Gasteiger partial charge is 0.139 e. The highest BCUT2D eigenvalue weighted by atomic mass is 127. The molecule has 0 spiro atoms. The number of carbonyl (C=O) groups is 1. The van der Waals surface area contributed by atoms with Crippen molar-refractivity contribution in [1.29, 1.82) is 0 Å². The molecule has 66 valence electrons. The maximum atomic E-state index is 11.8. The molecule has 0 aromatic carbocycles. The third-order valence-corrected chi connectivity index (χ3v) is 6.05. The van der Waals surface area contributed by atoms with Gasteiger partial charge in [0.1, 0.15) is 5.78 Å². The lowest BCUT2D eigenvalue weighted by Gasteiger charge is -2.30. The zero-order valence-electron chi connectivity index (χ0n) is 7.00. The number of ketones is 1. The molecule has 3 rings (SSSR count). The monoisotopic (exact) mass is 276 g/mol. The van der Waals surface area contributed by atoms with Crippen LogP contribution in [-0.2, 0) is 4.79 Å². The standard InChI is InChI=1S/C10H13IO/c11-9-5-1-2-6(9)8-4-3-7(5)10(8)12/h5-9H,1-4H2. The number of halogens is 1. The molecule has 0 aromatic heterocycles. The van der Waals surface area contributed by atoms with Crippen molar-refractivity contribution in [3.63, 3.8) is 0 Å². The molecule has 3 aliphatic carbocycles. The van der Waals surface area contributed by atoms with E-state index in [-0.39, 0.29) is 0 Å². The highest BCUT2D eigenvalue weighted by Gasteiger charge is 2.55. The van der Waals surface area contributed by atoms with Gasteiger partial charge in [0.2, 0.25) is 0 Å². The normalized spacial score (nSPS) is 56.4. The molecule has 0 N–H and O–H groups in total. The molecular formula is C10H13IO. The number of carbonyl (C=O) groups excluding carboxylic acids is 1. The van der Waals surface area contributed by atoms with Gasteiger partial charge in [0.15, 0.2) is 0 Å². The second kappa shape index (κ2) is 2.46. The fraction of sp³-hybridized carbons (Fsp3) is 0.900. The lowest BCUT2D eigenvalue weighted by molar-refractivity contribution is -0.127. The SMILES string of the molecule is O=C1C2CCC1C1CCC2C1I. The van der Waals surface area contributed by atoms with E-state index >= 15 is 0 Å². The Morgan fingerprint density at radius 3 is 2.00 bits per heavy atom. The van der Waals surface area contributed by atoms with Crippen LogP contribution in [0.2, 0.25) is 0 Å². The Labute approximate surface area is 86.4 Å². The van der Waals surface area contributed by atoms with Gasteiger partial charge in [0.25, 0.3) is 0 Å². The first kappa shape index (κ1) is 7.77.